The van der Waals surface area contributed by atoms with Gasteiger partial charge in [0, 0.05) is 16.6 Å². The lowest BCUT2D eigenvalue weighted by atomic mass is 9.94. The second kappa shape index (κ2) is 4.22. The van der Waals surface area contributed by atoms with Gasteiger partial charge in [0.2, 0.25) is 0 Å². The molecule has 2 nitrogen and oxygen atoms in total. The smallest absolute Gasteiger partial charge is 0.125 e. The zero-order valence-electron chi connectivity index (χ0n) is 9.59. The maximum absolute atomic E-state index is 5.93. The molecular formula is C13H16BrNO. The molecule has 1 aliphatic rings. The molecule has 0 fully saturated rings. The van der Waals surface area contributed by atoms with Gasteiger partial charge in [-0.25, -0.2) is 0 Å². The first-order valence-corrected chi connectivity index (χ1v) is 6.14. The van der Waals surface area contributed by atoms with Crippen molar-refractivity contribution < 1.29 is 4.74 Å². The Morgan fingerprint density at radius 1 is 1.50 bits per heavy atom. The molecule has 0 aromatic heterocycles. The summed E-state index contributed by atoms with van der Waals surface area (Å²) in [5.74, 6) is 0.977. The molecule has 1 atom stereocenters. The third-order valence-electron chi connectivity index (χ3n) is 2.80. The fraction of sp³-hybridized carbons (Fsp3) is 0.385. The van der Waals surface area contributed by atoms with Gasteiger partial charge in [-0.3, -0.25) is 0 Å². The number of para-hydroxylation sites is 1. The topological polar surface area (TPSA) is 21.3 Å². The number of fused-ring (bicyclic) bond motifs is 1. The zero-order valence-corrected chi connectivity index (χ0v) is 11.2. The van der Waals surface area contributed by atoms with E-state index in [0.717, 1.165) is 16.8 Å². The van der Waals surface area contributed by atoms with Crippen molar-refractivity contribution in [2.75, 3.05) is 6.54 Å². The molecule has 0 bridgehead atoms. The minimum atomic E-state index is -0.216. The van der Waals surface area contributed by atoms with Crippen molar-refractivity contribution in [1.29, 1.82) is 0 Å². The van der Waals surface area contributed by atoms with Gasteiger partial charge >= 0.3 is 0 Å². The molecule has 0 saturated heterocycles. The Morgan fingerprint density at radius 3 is 2.88 bits per heavy atom. The molecule has 0 saturated carbocycles. The third kappa shape index (κ3) is 2.15. The first kappa shape index (κ1) is 11.7. The average Bonchev–Trinajstić information content (AvgIpc) is 2.44. The van der Waals surface area contributed by atoms with E-state index in [-0.39, 0.29) is 11.6 Å². The summed E-state index contributed by atoms with van der Waals surface area (Å²) in [5, 5.41) is 3.46. The number of benzene rings is 1. The van der Waals surface area contributed by atoms with Gasteiger partial charge in [0.25, 0.3) is 0 Å². The summed E-state index contributed by atoms with van der Waals surface area (Å²) in [7, 11) is 0. The molecule has 1 aromatic rings. The summed E-state index contributed by atoms with van der Waals surface area (Å²) in [5.41, 5.74) is 1.01. The molecule has 86 valence electrons. The second-order valence-corrected chi connectivity index (χ2v) is 5.70. The van der Waals surface area contributed by atoms with Crippen LogP contribution in [0.4, 0.5) is 0 Å². The molecule has 0 spiro atoms. The molecule has 0 aliphatic carbocycles. The minimum absolute atomic E-state index is 0.206. The van der Waals surface area contributed by atoms with Crippen LogP contribution in [0.1, 0.15) is 25.5 Å². The first-order valence-electron chi connectivity index (χ1n) is 5.35. The van der Waals surface area contributed by atoms with Crippen LogP contribution in [0.3, 0.4) is 0 Å². The number of hydrogen-bond acceptors (Lipinski definition) is 2. The van der Waals surface area contributed by atoms with Gasteiger partial charge in [-0.05, 0) is 19.9 Å². The van der Waals surface area contributed by atoms with E-state index in [4.69, 9.17) is 4.74 Å². The van der Waals surface area contributed by atoms with Crippen molar-refractivity contribution >= 4 is 15.9 Å². The standard InChI is InChI=1S/C13H16BrNO/c1-9(14)8-15-12-10-6-4-5-7-11(10)16-13(12,2)3/h4-7,12,15H,1,8H2,2-3H3. The van der Waals surface area contributed by atoms with Gasteiger partial charge in [-0.15, -0.1) is 0 Å². The third-order valence-corrected chi connectivity index (χ3v) is 3.08. The van der Waals surface area contributed by atoms with Crippen molar-refractivity contribution in [3.8, 4) is 5.75 Å². The Bertz CT molecular complexity index is 414. The molecule has 1 N–H and O–H groups in total. The highest BCUT2D eigenvalue weighted by Crippen LogP contribution is 2.42. The van der Waals surface area contributed by atoms with Crippen molar-refractivity contribution in [3.05, 3.63) is 40.9 Å². The Hall–Kier alpha value is -0.800. The molecule has 16 heavy (non-hydrogen) atoms. The Kier molecular flexibility index (Phi) is 3.08. The van der Waals surface area contributed by atoms with Crippen molar-refractivity contribution in [2.45, 2.75) is 25.5 Å². The molecule has 1 unspecified atom stereocenters. The van der Waals surface area contributed by atoms with Crippen molar-refractivity contribution in [3.63, 3.8) is 0 Å². The predicted octanol–water partition coefficient (Wildman–Crippen LogP) is 3.40. The first-order chi connectivity index (χ1) is 7.50. The van der Waals surface area contributed by atoms with Gasteiger partial charge in [-0.2, -0.15) is 0 Å². The Labute approximate surface area is 105 Å². The highest BCUT2D eigenvalue weighted by Gasteiger charge is 2.40. The van der Waals surface area contributed by atoms with E-state index in [1.165, 1.54) is 5.56 Å². The van der Waals surface area contributed by atoms with Gasteiger partial charge in [0.05, 0.1) is 6.04 Å². The molecule has 3 heteroatoms. The highest BCUT2D eigenvalue weighted by molar-refractivity contribution is 9.11. The van der Waals surface area contributed by atoms with Crippen LogP contribution in [0, 0.1) is 0 Å². The fourth-order valence-electron chi connectivity index (χ4n) is 2.10. The van der Waals surface area contributed by atoms with Crippen LogP contribution < -0.4 is 10.1 Å². The van der Waals surface area contributed by atoms with Crippen LogP contribution in [0.5, 0.6) is 5.75 Å². The van der Waals surface area contributed by atoms with Crippen LogP contribution in [-0.4, -0.2) is 12.1 Å². The maximum Gasteiger partial charge on any atom is 0.125 e. The van der Waals surface area contributed by atoms with Crippen LogP contribution in [-0.2, 0) is 0 Å². The normalized spacial score (nSPS) is 21.3. The number of hydrogen-bond donors (Lipinski definition) is 1. The van der Waals surface area contributed by atoms with E-state index < -0.39 is 0 Å². The number of nitrogens with one attached hydrogen (secondary N) is 1. The molecule has 1 heterocycles. The summed E-state index contributed by atoms with van der Waals surface area (Å²) in [4.78, 5) is 0. The lowest BCUT2D eigenvalue weighted by molar-refractivity contribution is 0.0980. The average molecular weight is 282 g/mol. The van der Waals surface area contributed by atoms with Crippen molar-refractivity contribution in [1.82, 2.24) is 5.32 Å². The minimum Gasteiger partial charge on any atom is -0.486 e. The maximum atomic E-state index is 5.93. The summed E-state index contributed by atoms with van der Waals surface area (Å²) in [6, 6.07) is 8.38. The number of rotatable bonds is 3. The molecular weight excluding hydrogens is 266 g/mol. The number of halogens is 1. The summed E-state index contributed by atoms with van der Waals surface area (Å²) in [6.45, 7) is 8.77. The number of ether oxygens (including phenoxy) is 1. The molecule has 1 aliphatic heterocycles. The summed E-state index contributed by atoms with van der Waals surface area (Å²) >= 11 is 3.36. The SMILES string of the molecule is C=C(Br)CNC1c2ccccc2OC1(C)C. The lowest BCUT2D eigenvalue weighted by Gasteiger charge is -2.27. The zero-order chi connectivity index (χ0) is 11.8. The van der Waals surface area contributed by atoms with Crippen LogP contribution in [0.25, 0.3) is 0 Å². The molecule has 1 aromatic carbocycles. The van der Waals surface area contributed by atoms with Crippen LogP contribution in [0.15, 0.2) is 35.3 Å². The van der Waals surface area contributed by atoms with Crippen molar-refractivity contribution in [2.24, 2.45) is 0 Å². The fourth-order valence-corrected chi connectivity index (χ4v) is 2.26. The molecule has 0 amide bonds. The van der Waals surface area contributed by atoms with E-state index in [2.05, 4.69) is 47.7 Å². The molecule has 2 rings (SSSR count). The van der Waals surface area contributed by atoms with E-state index >= 15 is 0 Å². The predicted molar refractivity (Wildman–Crippen MR) is 70.0 cm³/mol. The van der Waals surface area contributed by atoms with Crippen LogP contribution in [0.2, 0.25) is 0 Å². The second-order valence-electron chi connectivity index (χ2n) is 4.57. The van der Waals surface area contributed by atoms with Gasteiger partial charge in [0.1, 0.15) is 11.4 Å². The van der Waals surface area contributed by atoms with E-state index in [0.29, 0.717) is 0 Å². The van der Waals surface area contributed by atoms with E-state index in [9.17, 15) is 0 Å². The summed E-state index contributed by atoms with van der Waals surface area (Å²) in [6.07, 6.45) is 0. The lowest BCUT2D eigenvalue weighted by Crippen LogP contribution is -2.39. The Morgan fingerprint density at radius 2 is 2.19 bits per heavy atom. The summed E-state index contributed by atoms with van der Waals surface area (Å²) < 4.78 is 6.88. The Balaban J connectivity index is 2.24. The largest absolute Gasteiger partial charge is 0.486 e. The van der Waals surface area contributed by atoms with Gasteiger partial charge in [0.15, 0.2) is 0 Å². The van der Waals surface area contributed by atoms with E-state index in [1.807, 2.05) is 18.2 Å². The molecule has 0 radical (unpaired) electrons. The van der Waals surface area contributed by atoms with Gasteiger partial charge in [-0.1, -0.05) is 40.7 Å². The monoisotopic (exact) mass is 281 g/mol. The quantitative estimate of drug-likeness (QED) is 0.917. The van der Waals surface area contributed by atoms with E-state index in [1.54, 1.807) is 0 Å². The van der Waals surface area contributed by atoms with Gasteiger partial charge < -0.3 is 10.1 Å². The van der Waals surface area contributed by atoms with Crippen LogP contribution >= 0.6 is 15.9 Å². The highest BCUT2D eigenvalue weighted by atomic mass is 79.9.